The number of ether oxygens (including phenoxy) is 2. The van der Waals surface area contributed by atoms with Gasteiger partial charge in [0.25, 0.3) is 0 Å². The van der Waals surface area contributed by atoms with Gasteiger partial charge in [-0.25, -0.2) is 9.36 Å². The highest BCUT2D eigenvalue weighted by Crippen LogP contribution is 2.36. The maximum Gasteiger partial charge on any atom is 0.498 e. The van der Waals surface area contributed by atoms with Crippen molar-refractivity contribution in [3.8, 4) is 33.4 Å². The molecule has 0 amide bonds. The number of H-pyrrole nitrogens is 5. The fraction of sp³-hybridized carbons (Fsp3) is 0.478. The average molecular weight is 1030 g/mol. The lowest BCUT2D eigenvalue weighted by atomic mass is 9.82. The maximum absolute atomic E-state index is 5.99. The third kappa shape index (κ3) is 13.4. The Hall–Kier alpha value is -5.65. The van der Waals surface area contributed by atoms with E-state index in [2.05, 4.69) is 82.2 Å². The van der Waals surface area contributed by atoms with Gasteiger partial charge < -0.3 is 18.8 Å². The lowest BCUT2D eigenvalue weighted by molar-refractivity contribution is 0.00578. The molecule has 2 unspecified atom stereocenters. The fourth-order valence-electron chi connectivity index (χ4n) is 7.25. The van der Waals surface area contributed by atoms with Crippen molar-refractivity contribution in [1.29, 1.82) is 0 Å². The van der Waals surface area contributed by atoms with Gasteiger partial charge in [0, 0.05) is 112 Å². The number of nitrogens with zero attached hydrogens (tertiary/aromatic N) is 11. The zero-order chi connectivity index (χ0) is 50.8. The summed E-state index contributed by atoms with van der Waals surface area (Å²) in [6.07, 6.45) is 14.7. The summed E-state index contributed by atoms with van der Waals surface area (Å²) in [4.78, 5) is 0. The molecule has 2 atom stereocenters. The molecular weight excluding hydrogens is 967 g/mol. The number of hydrogen-bond donors (Lipinski definition) is 5. The van der Waals surface area contributed by atoms with Gasteiger partial charge in [0.15, 0.2) is 0 Å². The van der Waals surface area contributed by atoms with Gasteiger partial charge in [-0.05, 0) is 127 Å². The Balaban J connectivity index is 0.000000165. The van der Waals surface area contributed by atoms with Crippen LogP contribution in [0.15, 0.2) is 54.0 Å². The summed E-state index contributed by atoms with van der Waals surface area (Å²) in [5.41, 5.74) is 14.8. The van der Waals surface area contributed by atoms with Crippen molar-refractivity contribution >= 4 is 40.3 Å². The smallest absolute Gasteiger partial charge is 0.399 e. The van der Waals surface area contributed by atoms with E-state index in [4.69, 9.17) is 30.6 Å². The molecule has 0 bridgehead atoms. The number of aromatic nitrogens is 16. The van der Waals surface area contributed by atoms with E-state index in [0.29, 0.717) is 13.2 Å². The van der Waals surface area contributed by atoms with Crippen molar-refractivity contribution in [3.63, 3.8) is 0 Å². The van der Waals surface area contributed by atoms with Crippen LogP contribution in [0.25, 0.3) is 33.4 Å². The molecule has 0 radical (unpaired) electrons. The molecule has 372 valence electrons. The first-order valence-electron chi connectivity index (χ1n) is 22.7. The number of aryl methyl sites for hydroxylation is 7. The van der Waals surface area contributed by atoms with E-state index in [9.17, 15) is 0 Å². The highest BCUT2D eigenvalue weighted by molar-refractivity contribution is 9.10. The fourth-order valence-corrected chi connectivity index (χ4v) is 7.62. The molecule has 8 aromatic heterocycles. The van der Waals surface area contributed by atoms with Gasteiger partial charge in [-0.3, -0.25) is 25.5 Å². The molecule has 69 heavy (non-hydrogen) atoms. The van der Waals surface area contributed by atoms with Crippen molar-refractivity contribution in [2.24, 2.45) is 0 Å². The van der Waals surface area contributed by atoms with Gasteiger partial charge in [0.2, 0.25) is 0 Å². The first kappa shape index (κ1) is 54.3. The second-order valence-corrected chi connectivity index (χ2v) is 18.5. The Kier molecular flexibility index (Phi) is 18.7. The Labute approximate surface area is 417 Å². The maximum atomic E-state index is 5.99. The lowest BCUT2D eigenvalue weighted by Crippen LogP contribution is -2.41. The van der Waals surface area contributed by atoms with Crippen molar-refractivity contribution in [1.82, 2.24) is 79.8 Å². The van der Waals surface area contributed by atoms with Crippen LogP contribution in [0.2, 0.25) is 0 Å². The average Bonchev–Trinajstić information content (AvgIpc) is 4.16. The second-order valence-electron chi connectivity index (χ2n) is 17.4. The number of hydrogen-bond acceptors (Lipinski definition) is 12. The van der Waals surface area contributed by atoms with Crippen LogP contribution in [0, 0.1) is 55.4 Å². The molecular formula is C46H67BBrClN16O4. The molecule has 0 aliphatic carbocycles. The molecule has 9 rings (SSSR count). The molecule has 23 heteroatoms. The third-order valence-corrected chi connectivity index (χ3v) is 13.2. The van der Waals surface area contributed by atoms with Gasteiger partial charge in [-0.2, -0.15) is 45.0 Å². The summed E-state index contributed by atoms with van der Waals surface area (Å²) >= 11 is 9.18. The Bertz CT molecular complexity index is 2730. The summed E-state index contributed by atoms with van der Waals surface area (Å²) in [5.74, 6) is 0. The van der Waals surface area contributed by atoms with Crippen LogP contribution in [-0.2, 0) is 18.8 Å². The van der Waals surface area contributed by atoms with Crippen LogP contribution in [0.5, 0.6) is 0 Å². The first-order chi connectivity index (χ1) is 32.6. The Morgan fingerprint density at radius 3 is 1.49 bits per heavy atom. The van der Waals surface area contributed by atoms with Gasteiger partial charge in [0.1, 0.15) is 12.5 Å². The van der Waals surface area contributed by atoms with E-state index in [-0.39, 0.29) is 30.8 Å². The van der Waals surface area contributed by atoms with E-state index in [0.717, 1.165) is 88.9 Å². The summed E-state index contributed by atoms with van der Waals surface area (Å²) in [6.45, 7) is 33.2. The Morgan fingerprint density at radius 2 is 1.10 bits per heavy atom. The zero-order valence-electron chi connectivity index (χ0n) is 42.6. The predicted octanol–water partition coefficient (Wildman–Crippen LogP) is 9.28. The number of halogens is 2. The van der Waals surface area contributed by atoms with Crippen LogP contribution < -0.4 is 5.46 Å². The van der Waals surface area contributed by atoms with Crippen molar-refractivity contribution in [2.75, 3.05) is 13.2 Å². The highest BCUT2D eigenvalue weighted by atomic mass is 79.9. The molecule has 1 aliphatic rings. The Morgan fingerprint density at radius 1 is 0.638 bits per heavy atom. The van der Waals surface area contributed by atoms with E-state index < -0.39 is 0 Å². The van der Waals surface area contributed by atoms with Gasteiger partial charge >= 0.3 is 7.12 Å². The molecule has 1 saturated heterocycles. The molecule has 1 aliphatic heterocycles. The SMILES string of the molecule is CCOC(C)n1cc(-c2c(C)n[nH]c2C)cn1.CCOC(C)n1cc(B2OC(C)(C)C(C)(C)O2)cn1.Cc1n[nH]c(C)c1-c1cn[nH]c1.Cc1n[nH]c(C)c1Br.Cc1nn(Cl)c(C)c1-c1cn[nH]c1. The minimum atomic E-state index is -0.368. The van der Waals surface area contributed by atoms with E-state index in [1.165, 1.54) is 4.20 Å². The number of nitrogens with one attached hydrogen (secondary N) is 5. The standard InChI is InChI=1S/C13H23BN2O3.C12H18N4O.C8H9ClN4.C8H10N4.C5H7BrN2/c1-7-17-10(2)16-9-11(8-15-16)14-18-12(3,4)13(5,6)19-14;1-5-17-10(4)16-7-11(6-13-16)12-8(2)14-15-9(12)3;1-5-8(6(2)13(9)12-5)7-3-10-11-4-7;1-5-8(6(2)12-11-5)7-3-9-10-4-7;1-3-5(6)4(2)8-7-3/h8-10H,7H2,1-6H3;6-7,10H,5H2,1-4H3,(H,14,15);3-4H,1-2H3,(H,10,11);3-4H,1-2H3,(H,9,10)(H,11,12);1-2H3,(H,7,8). The molecule has 9 heterocycles. The number of rotatable bonds is 10. The largest absolute Gasteiger partial charge is 0.498 e. The van der Waals surface area contributed by atoms with Crippen LogP contribution >= 0.6 is 27.7 Å². The topological polar surface area (TPSA) is 234 Å². The van der Waals surface area contributed by atoms with Crippen molar-refractivity contribution in [2.45, 2.75) is 134 Å². The van der Waals surface area contributed by atoms with E-state index in [1.54, 1.807) is 23.3 Å². The summed E-state index contributed by atoms with van der Waals surface area (Å²) in [6, 6.07) is 0. The summed E-state index contributed by atoms with van der Waals surface area (Å²) in [5, 5.41) is 47.1. The van der Waals surface area contributed by atoms with Crippen LogP contribution in [0.4, 0.5) is 0 Å². The highest BCUT2D eigenvalue weighted by Gasteiger charge is 2.52. The minimum absolute atomic E-state index is 0.0405. The molecule has 0 saturated carbocycles. The molecule has 5 N–H and O–H groups in total. The van der Waals surface area contributed by atoms with Crippen LogP contribution in [0.3, 0.4) is 0 Å². The molecule has 0 aromatic carbocycles. The summed E-state index contributed by atoms with van der Waals surface area (Å²) < 4.78 is 29.0. The van der Waals surface area contributed by atoms with E-state index in [1.807, 2.05) is 146 Å². The van der Waals surface area contributed by atoms with Gasteiger partial charge in [-0.15, -0.1) is 0 Å². The number of aromatic amines is 5. The minimum Gasteiger partial charge on any atom is -0.399 e. The van der Waals surface area contributed by atoms with Crippen molar-refractivity contribution in [3.05, 3.63) is 99.6 Å². The predicted molar refractivity (Wildman–Crippen MR) is 272 cm³/mol. The summed E-state index contributed by atoms with van der Waals surface area (Å²) in [7, 11) is -0.368. The first-order valence-corrected chi connectivity index (χ1v) is 23.8. The van der Waals surface area contributed by atoms with Crippen molar-refractivity contribution < 1.29 is 18.8 Å². The van der Waals surface area contributed by atoms with Gasteiger partial charge in [-0.1, -0.05) is 0 Å². The monoisotopic (exact) mass is 1030 g/mol. The zero-order valence-corrected chi connectivity index (χ0v) is 44.9. The molecule has 0 spiro atoms. The van der Waals surface area contributed by atoms with E-state index >= 15 is 0 Å². The van der Waals surface area contributed by atoms with Gasteiger partial charge in [0.05, 0.1) is 62.7 Å². The quantitative estimate of drug-likeness (QED) is 0.0807. The molecule has 1 fully saturated rings. The lowest BCUT2D eigenvalue weighted by Gasteiger charge is -2.32. The second kappa shape index (κ2) is 23.8. The molecule has 20 nitrogen and oxygen atoms in total. The van der Waals surface area contributed by atoms with Crippen LogP contribution in [-0.4, -0.2) is 111 Å². The normalized spacial score (nSPS) is 14.4. The molecule has 8 aromatic rings. The van der Waals surface area contributed by atoms with Crippen LogP contribution in [0.1, 0.15) is 113 Å². The third-order valence-electron chi connectivity index (χ3n) is 11.7.